The van der Waals surface area contributed by atoms with E-state index in [0.29, 0.717) is 19.0 Å². The standard InChI is InChI=1S/C11H22N2O2/c1-11(2,8-14)7-13-10(15)5-6-12-9-3-4-9/h9,12,14H,3-8H2,1-2H3,(H,13,15). The number of carbonyl (C=O) groups is 1. The topological polar surface area (TPSA) is 61.4 Å². The van der Waals surface area contributed by atoms with Crippen LogP contribution in [0, 0.1) is 5.41 Å². The molecule has 0 aliphatic heterocycles. The molecule has 0 atom stereocenters. The second-order valence-electron chi connectivity index (χ2n) is 5.08. The lowest BCUT2D eigenvalue weighted by molar-refractivity contribution is -0.121. The van der Waals surface area contributed by atoms with Crippen molar-refractivity contribution < 1.29 is 9.90 Å². The summed E-state index contributed by atoms with van der Waals surface area (Å²) in [5.41, 5.74) is -0.223. The number of hydrogen-bond acceptors (Lipinski definition) is 3. The van der Waals surface area contributed by atoms with Crippen LogP contribution in [0.2, 0.25) is 0 Å². The van der Waals surface area contributed by atoms with Crippen molar-refractivity contribution in [3.8, 4) is 0 Å². The van der Waals surface area contributed by atoms with Crippen molar-refractivity contribution in [2.45, 2.75) is 39.2 Å². The molecule has 1 aliphatic carbocycles. The van der Waals surface area contributed by atoms with E-state index in [0.717, 1.165) is 6.54 Å². The van der Waals surface area contributed by atoms with E-state index in [1.54, 1.807) is 0 Å². The van der Waals surface area contributed by atoms with Crippen LogP contribution in [0.15, 0.2) is 0 Å². The summed E-state index contributed by atoms with van der Waals surface area (Å²) in [5.74, 6) is 0.0599. The summed E-state index contributed by atoms with van der Waals surface area (Å²) in [6.45, 7) is 5.24. The third-order valence-corrected chi connectivity index (χ3v) is 2.55. The number of carbonyl (C=O) groups excluding carboxylic acids is 1. The van der Waals surface area contributed by atoms with E-state index >= 15 is 0 Å². The predicted molar refractivity (Wildman–Crippen MR) is 59.5 cm³/mol. The number of aliphatic hydroxyl groups excluding tert-OH is 1. The molecule has 0 radical (unpaired) electrons. The quantitative estimate of drug-likeness (QED) is 0.570. The van der Waals surface area contributed by atoms with Gasteiger partial charge in [0.1, 0.15) is 0 Å². The monoisotopic (exact) mass is 214 g/mol. The Morgan fingerprint density at radius 1 is 1.47 bits per heavy atom. The van der Waals surface area contributed by atoms with Gasteiger partial charge in [0, 0.05) is 37.6 Å². The number of hydrogen-bond donors (Lipinski definition) is 3. The second kappa shape index (κ2) is 5.47. The number of nitrogens with one attached hydrogen (secondary N) is 2. The minimum atomic E-state index is -0.223. The highest BCUT2D eigenvalue weighted by Crippen LogP contribution is 2.18. The highest BCUT2D eigenvalue weighted by molar-refractivity contribution is 5.76. The minimum absolute atomic E-state index is 0.0599. The highest BCUT2D eigenvalue weighted by Gasteiger charge is 2.20. The summed E-state index contributed by atoms with van der Waals surface area (Å²) in [6.07, 6.45) is 3.02. The van der Waals surface area contributed by atoms with E-state index in [-0.39, 0.29) is 17.9 Å². The molecule has 0 aromatic rings. The maximum atomic E-state index is 11.4. The second-order valence-corrected chi connectivity index (χ2v) is 5.08. The van der Waals surface area contributed by atoms with Gasteiger partial charge in [-0.2, -0.15) is 0 Å². The molecule has 1 rings (SSSR count). The summed E-state index contributed by atoms with van der Waals surface area (Å²) in [5, 5.41) is 15.1. The first kappa shape index (κ1) is 12.5. The Balaban J connectivity index is 2.01. The van der Waals surface area contributed by atoms with Crippen molar-refractivity contribution >= 4 is 5.91 Å². The van der Waals surface area contributed by atoms with Gasteiger partial charge in [-0.3, -0.25) is 4.79 Å². The van der Waals surface area contributed by atoms with Crippen LogP contribution in [0.4, 0.5) is 0 Å². The molecule has 1 amide bonds. The summed E-state index contributed by atoms with van der Waals surface area (Å²) in [6, 6.07) is 0.659. The van der Waals surface area contributed by atoms with Crippen molar-refractivity contribution in [2.75, 3.05) is 19.7 Å². The molecule has 0 aromatic carbocycles. The molecule has 3 N–H and O–H groups in total. The van der Waals surface area contributed by atoms with Crippen LogP contribution in [0.25, 0.3) is 0 Å². The van der Waals surface area contributed by atoms with E-state index in [2.05, 4.69) is 10.6 Å². The molecule has 4 nitrogen and oxygen atoms in total. The largest absolute Gasteiger partial charge is 0.396 e. The van der Waals surface area contributed by atoms with Crippen LogP contribution in [0.5, 0.6) is 0 Å². The van der Waals surface area contributed by atoms with Gasteiger partial charge in [0.25, 0.3) is 0 Å². The molecule has 4 heteroatoms. The van der Waals surface area contributed by atoms with E-state index in [4.69, 9.17) is 5.11 Å². The van der Waals surface area contributed by atoms with Crippen LogP contribution in [-0.4, -0.2) is 36.8 Å². The van der Waals surface area contributed by atoms with E-state index < -0.39 is 0 Å². The molecular formula is C11H22N2O2. The maximum Gasteiger partial charge on any atom is 0.221 e. The average Bonchev–Trinajstić information content (AvgIpc) is 2.99. The maximum absolute atomic E-state index is 11.4. The SMILES string of the molecule is CC(C)(CO)CNC(=O)CCNC1CC1. The fraction of sp³-hybridized carbons (Fsp3) is 0.909. The Labute approximate surface area is 91.4 Å². The highest BCUT2D eigenvalue weighted by atomic mass is 16.3. The zero-order valence-corrected chi connectivity index (χ0v) is 9.68. The lowest BCUT2D eigenvalue weighted by Crippen LogP contribution is -2.37. The van der Waals surface area contributed by atoms with Gasteiger partial charge in [0.15, 0.2) is 0 Å². The van der Waals surface area contributed by atoms with Crippen molar-refractivity contribution in [1.29, 1.82) is 0 Å². The smallest absolute Gasteiger partial charge is 0.221 e. The lowest BCUT2D eigenvalue weighted by Gasteiger charge is -2.21. The lowest BCUT2D eigenvalue weighted by atomic mass is 9.95. The molecule has 88 valence electrons. The molecule has 15 heavy (non-hydrogen) atoms. The van der Waals surface area contributed by atoms with Gasteiger partial charge in [0.05, 0.1) is 0 Å². The molecule has 0 bridgehead atoms. The first-order valence-corrected chi connectivity index (χ1v) is 5.64. The van der Waals surface area contributed by atoms with Crippen molar-refractivity contribution in [2.24, 2.45) is 5.41 Å². The van der Waals surface area contributed by atoms with E-state index in [9.17, 15) is 4.79 Å². The fourth-order valence-corrected chi connectivity index (χ4v) is 1.16. The summed E-state index contributed by atoms with van der Waals surface area (Å²) in [7, 11) is 0. The molecule has 0 spiro atoms. The van der Waals surface area contributed by atoms with Gasteiger partial charge in [-0.25, -0.2) is 0 Å². The van der Waals surface area contributed by atoms with E-state index in [1.807, 2.05) is 13.8 Å². The van der Waals surface area contributed by atoms with Crippen molar-refractivity contribution in [1.82, 2.24) is 10.6 Å². The molecule has 0 heterocycles. The first-order chi connectivity index (χ1) is 7.03. The molecule has 1 fully saturated rings. The number of aliphatic hydroxyl groups is 1. The Hall–Kier alpha value is -0.610. The van der Waals surface area contributed by atoms with Crippen LogP contribution in [0.3, 0.4) is 0 Å². The van der Waals surface area contributed by atoms with Gasteiger partial charge in [-0.05, 0) is 12.8 Å². The average molecular weight is 214 g/mol. The van der Waals surface area contributed by atoms with Gasteiger partial charge in [0.2, 0.25) is 5.91 Å². The summed E-state index contributed by atoms with van der Waals surface area (Å²) >= 11 is 0. The third kappa shape index (κ3) is 5.74. The zero-order chi connectivity index (χ0) is 11.3. The predicted octanol–water partition coefficient (Wildman–Crippen LogP) is 0.263. The Kier molecular flexibility index (Phi) is 4.54. The van der Waals surface area contributed by atoms with Gasteiger partial charge < -0.3 is 15.7 Å². The first-order valence-electron chi connectivity index (χ1n) is 5.64. The summed E-state index contributed by atoms with van der Waals surface area (Å²) < 4.78 is 0. The number of amides is 1. The van der Waals surface area contributed by atoms with Gasteiger partial charge in [-0.1, -0.05) is 13.8 Å². The van der Waals surface area contributed by atoms with Crippen LogP contribution >= 0.6 is 0 Å². The van der Waals surface area contributed by atoms with E-state index in [1.165, 1.54) is 12.8 Å². The summed E-state index contributed by atoms with van der Waals surface area (Å²) in [4.78, 5) is 11.4. The molecule has 0 saturated heterocycles. The Bertz CT molecular complexity index is 213. The van der Waals surface area contributed by atoms with Gasteiger partial charge in [-0.15, -0.1) is 0 Å². The normalized spacial score (nSPS) is 16.5. The zero-order valence-electron chi connectivity index (χ0n) is 9.68. The van der Waals surface area contributed by atoms with Crippen molar-refractivity contribution in [3.05, 3.63) is 0 Å². The molecule has 0 unspecified atom stereocenters. The molecule has 1 saturated carbocycles. The molecular weight excluding hydrogens is 192 g/mol. The van der Waals surface area contributed by atoms with Crippen LogP contribution in [0.1, 0.15) is 33.1 Å². The minimum Gasteiger partial charge on any atom is -0.396 e. The van der Waals surface area contributed by atoms with Gasteiger partial charge >= 0.3 is 0 Å². The fourth-order valence-electron chi connectivity index (χ4n) is 1.16. The number of rotatable bonds is 7. The third-order valence-electron chi connectivity index (χ3n) is 2.55. The van der Waals surface area contributed by atoms with Crippen LogP contribution in [-0.2, 0) is 4.79 Å². The molecule has 1 aliphatic rings. The van der Waals surface area contributed by atoms with Crippen LogP contribution < -0.4 is 10.6 Å². The molecule has 0 aromatic heterocycles. The Morgan fingerprint density at radius 2 is 2.13 bits per heavy atom. The Morgan fingerprint density at radius 3 is 2.67 bits per heavy atom. The van der Waals surface area contributed by atoms with Crippen molar-refractivity contribution in [3.63, 3.8) is 0 Å².